The number of hydrogen-bond donors (Lipinski definition) is 1. The molecule has 0 aliphatic carbocycles. The molecular weight excluding hydrogens is 436 g/mol. The second-order valence-electron chi connectivity index (χ2n) is 8.86. The summed E-state index contributed by atoms with van der Waals surface area (Å²) in [6.07, 6.45) is 0. The molecule has 0 saturated carbocycles. The fourth-order valence-corrected chi connectivity index (χ4v) is 4.14. The molecule has 6 nitrogen and oxygen atoms in total. The number of carbonyl (C=O) groups is 2. The van der Waals surface area contributed by atoms with Crippen LogP contribution in [0.15, 0.2) is 72.8 Å². The molecule has 0 unspecified atom stereocenters. The van der Waals surface area contributed by atoms with Crippen molar-refractivity contribution < 1.29 is 9.59 Å². The van der Waals surface area contributed by atoms with Crippen LogP contribution in [0, 0.1) is 27.7 Å². The minimum atomic E-state index is -0.207. The Hall–Kier alpha value is -4.19. The van der Waals surface area contributed by atoms with Gasteiger partial charge in [-0.05, 0) is 69.2 Å². The van der Waals surface area contributed by atoms with Crippen LogP contribution in [0.4, 0.5) is 5.69 Å². The largest absolute Gasteiger partial charge is 0.337 e. The van der Waals surface area contributed by atoms with Gasteiger partial charge >= 0.3 is 0 Å². The van der Waals surface area contributed by atoms with Crippen molar-refractivity contribution in [3.05, 3.63) is 112 Å². The van der Waals surface area contributed by atoms with E-state index in [-0.39, 0.29) is 11.8 Å². The number of carbonyl (C=O) groups excluding carboxylic acids is 2. The van der Waals surface area contributed by atoms with Gasteiger partial charge in [0.1, 0.15) is 0 Å². The maximum absolute atomic E-state index is 13.3. The zero-order valence-electron chi connectivity index (χ0n) is 20.8. The maximum Gasteiger partial charge on any atom is 0.255 e. The number of nitrogens with zero attached hydrogens (tertiary/aromatic N) is 3. The molecule has 0 fully saturated rings. The van der Waals surface area contributed by atoms with E-state index in [1.54, 1.807) is 36.2 Å². The van der Waals surface area contributed by atoms with Crippen molar-refractivity contribution in [1.29, 1.82) is 0 Å². The normalized spacial score (nSPS) is 10.8. The van der Waals surface area contributed by atoms with Gasteiger partial charge in [0.15, 0.2) is 0 Å². The van der Waals surface area contributed by atoms with Gasteiger partial charge in [-0.15, -0.1) is 0 Å². The molecule has 1 heterocycles. The van der Waals surface area contributed by atoms with Gasteiger partial charge in [-0.3, -0.25) is 9.59 Å². The molecule has 0 atom stereocenters. The fraction of sp³-hybridized carbons (Fsp3) is 0.207. The van der Waals surface area contributed by atoms with Crippen LogP contribution in [0.25, 0.3) is 5.69 Å². The third-order valence-electron chi connectivity index (χ3n) is 6.30. The molecule has 0 radical (unpaired) electrons. The molecule has 178 valence electrons. The maximum atomic E-state index is 13.3. The van der Waals surface area contributed by atoms with E-state index in [2.05, 4.69) is 18.3 Å². The quantitative estimate of drug-likeness (QED) is 0.400. The Balaban J connectivity index is 1.54. The van der Waals surface area contributed by atoms with E-state index in [9.17, 15) is 9.59 Å². The first-order chi connectivity index (χ1) is 16.8. The number of anilines is 1. The molecule has 4 rings (SSSR count). The van der Waals surface area contributed by atoms with Crippen LogP contribution >= 0.6 is 0 Å². The minimum Gasteiger partial charge on any atom is -0.337 e. The molecule has 0 saturated heterocycles. The summed E-state index contributed by atoms with van der Waals surface area (Å²) in [5.74, 6) is -0.329. The predicted molar refractivity (Wildman–Crippen MR) is 139 cm³/mol. The topological polar surface area (TPSA) is 67.2 Å². The van der Waals surface area contributed by atoms with E-state index in [4.69, 9.17) is 5.10 Å². The molecule has 1 aromatic heterocycles. The number of aromatic nitrogens is 2. The molecule has 0 aliphatic heterocycles. The van der Waals surface area contributed by atoms with Crippen molar-refractivity contribution in [2.24, 2.45) is 0 Å². The molecule has 4 aromatic rings. The van der Waals surface area contributed by atoms with Crippen LogP contribution in [-0.2, 0) is 6.54 Å². The molecule has 0 spiro atoms. The Labute approximate surface area is 206 Å². The summed E-state index contributed by atoms with van der Waals surface area (Å²) in [6, 6.07) is 22.5. The highest BCUT2D eigenvalue weighted by molar-refractivity contribution is 6.05. The minimum absolute atomic E-state index is 0.123. The number of benzene rings is 3. The Morgan fingerprint density at radius 3 is 2.26 bits per heavy atom. The number of hydrogen-bond acceptors (Lipinski definition) is 3. The number of aryl methyl sites for hydroxylation is 3. The average molecular weight is 467 g/mol. The van der Waals surface area contributed by atoms with Gasteiger partial charge in [-0.2, -0.15) is 5.10 Å². The first-order valence-corrected chi connectivity index (χ1v) is 11.6. The van der Waals surface area contributed by atoms with Crippen molar-refractivity contribution in [3.8, 4) is 5.69 Å². The third kappa shape index (κ3) is 5.01. The van der Waals surface area contributed by atoms with Crippen molar-refractivity contribution >= 4 is 17.5 Å². The fourth-order valence-electron chi connectivity index (χ4n) is 4.14. The van der Waals surface area contributed by atoms with Crippen LogP contribution in [0.1, 0.15) is 48.8 Å². The Bertz CT molecular complexity index is 1390. The summed E-state index contributed by atoms with van der Waals surface area (Å²) in [7, 11) is 1.79. The smallest absolute Gasteiger partial charge is 0.255 e. The van der Waals surface area contributed by atoms with Crippen LogP contribution in [0.2, 0.25) is 0 Å². The van der Waals surface area contributed by atoms with Gasteiger partial charge in [-0.1, -0.05) is 42.5 Å². The monoisotopic (exact) mass is 466 g/mol. The third-order valence-corrected chi connectivity index (χ3v) is 6.30. The standard InChI is InChI=1S/C29H30N4O2/c1-19-15-16-24(17-26(19)30-28(34)23-12-7-6-8-13-23)29(35)32(5)18-25-21(3)31-33(22(25)4)27-14-10-9-11-20(27)2/h6-17H,18H2,1-5H3,(H,30,34). The van der Waals surface area contributed by atoms with Gasteiger partial charge in [0, 0.05) is 41.7 Å². The van der Waals surface area contributed by atoms with E-state index in [0.717, 1.165) is 33.8 Å². The lowest BCUT2D eigenvalue weighted by Crippen LogP contribution is -2.27. The number of nitrogens with one attached hydrogen (secondary N) is 1. The summed E-state index contributed by atoms with van der Waals surface area (Å²) in [5.41, 5.74) is 7.69. The van der Waals surface area contributed by atoms with Crippen molar-refractivity contribution in [3.63, 3.8) is 0 Å². The Morgan fingerprint density at radius 2 is 1.54 bits per heavy atom. The lowest BCUT2D eigenvalue weighted by Gasteiger charge is -2.19. The molecule has 1 N–H and O–H groups in total. The van der Waals surface area contributed by atoms with Crippen LogP contribution in [0.3, 0.4) is 0 Å². The van der Waals surface area contributed by atoms with Gasteiger partial charge in [0.05, 0.1) is 11.4 Å². The predicted octanol–water partition coefficient (Wildman–Crippen LogP) is 5.63. The van der Waals surface area contributed by atoms with Crippen molar-refractivity contribution in [2.75, 3.05) is 12.4 Å². The van der Waals surface area contributed by atoms with Gasteiger partial charge in [0.25, 0.3) is 11.8 Å². The lowest BCUT2D eigenvalue weighted by molar-refractivity contribution is 0.0784. The van der Waals surface area contributed by atoms with Gasteiger partial charge in [0.2, 0.25) is 0 Å². The number of rotatable bonds is 6. The molecule has 0 aliphatic rings. The molecule has 6 heteroatoms. The summed E-state index contributed by atoms with van der Waals surface area (Å²) in [6.45, 7) is 8.40. The second-order valence-corrected chi connectivity index (χ2v) is 8.86. The van der Waals surface area contributed by atoms with Gasteiger partial charge in [-0.25, -0.2) is 4.68 Å². The molecule has 35 heavy (non-hydrogen) atoms. The molecule has 0 bridgehead atoms. The van der Waals surface area contributed by atoms with Crippen LogP contribution in [-0.4, -0.2) is 33.5 Å². The van der Waals surface area contributed by atoms with E-state index in [1.807, 2.05) is 67.9 Å². The average Bonchev–Trinajstić information content (AvgIpc) is 3.13. The highest BCUT2D eigenvalue weighted by atomic mass is 16.2. The van der Waals surface area contributed by atoms with Crippen LogP contribution in [0.5, 0.6) is 0 Å². The van der Waals surface area contributed by atoms with E-state index in [0.29, 0.717) is 23.4 Å². The zero-order chi connectivity index (χ0) is 25.1. The van der Waals surface area contributed by atoms with Gasteiger partial charge < -0.3 is 10.2 Å². The van der Waals surface area contributed by atoms with E-state index in [1.165, 1.54) is 0 Å². The summed E-state index contributed by atoms with van der Waals surface area (Å²) < 4.78 is 1.95. The first-order valence-electron chi connectivity index (χ1n) is 11.6. The Morgan fingerprint density at radius 1 is 0.857 bits per heavy atom. The summed E-state index contributed by atoms with van der Waals surface area (Å²) in [4.78, 5) is 27.6. The Kier molecular flexibility index (Phi) is 6.82. The summed E-state index contributed by atoms with van der Waals surface area (Å²) in [5, 5.41) is 7.68. The summed E-state index contributed by atoms with van der Waals surface area (Å²) >= 11 is 0. The van der Waals surface area contributed by atoms with E-state index < -0.39 is 0 Å². The SMILES string of the molecule is Cc1ccc(C(=O)N(C)Cc2c(C)nn(-c3ccccc3C)c2C)cc1NC(=O)c1ccccc1. The van der Waals surface area contributed by atoms with E-state index >= 15 is 0 Å². The number of amides is 2. The molecule has 3 aromatic carbocycles. The zero-order valence-corrected chi connectivity index (χ0v) is 20.8. The second kappa shape index (κ2) is 9.97. The first kappa shape index (κ1) is 24.0. The van der Waals surface area contributed by atoms with Crippen molar-refractivity contribution in [2.45, 2.75) is 34.2 Å². The highest BCUT2D eigenvalue weighted by Gasteiger charge is 2.20. The van der Waals surface area contributed by atoms with Crippen LogP contribution < -0.4 is 5.32 Å². The lowest BCUT2D eigenvalue weighted by atomic mass is 10.1. The number of para-hydroxylation sites is 1. The molecular formula is C29H30N4O2. The highest BCUT2D eigenvalue weighted by Crippen LogP contribution is 2.23. The van der Waals surface area contributed by atoms with Crippen molar-refractivity contribution in [1.82, 2.24) is 14.7 Å². The molecule has 2 amide bonds.